The van der Waals surface area contributed by atoms with Gasteiger partial charge in [0.1, 0.15) is 17.5 Å². The van der Waals surface area contributed by atoms with Gasteiger partial charge in [0, 0.05) is 7.11 Å². The second-order valence-corrected chi connectivity index (χ2v) is 5.57. The molecule has 1 fully saturated rings. The molecule has 6 nitrogen and oxygen atoms in total. The molecule has 1 aliphatic rings. The summed E-state index contributed by atoms with van der Waals surface area (Å²) >= 11 is 0. The fourth-order valence-corrected chi connectivity index (χ4v) is 2.74. The minimum Gasteiger partial charge on any atom is -0.497 e. The van der Waals surface area contributed by atoms with Crippen molar-refractivity contribution in [3.05, 3.63) is 59.7 Å². The predicted octanol–water partition coefficient (Wildman–Crippen LogP) is 2.64. The predicted molar refractivity (Wildman–Crippen MR) is 94.0 cm³/mol. The zero-order valence-electron chi connectivity index (χ0n) is 14.4. The van der Waals surface area contributed by atoms with Crippen molar-refractivity contribution in [2.24, 2.45) is 5.10 Å². The molecule has 1 saturated heterocycles. The van der Waals surface area contributed by atoms with Crippen LogP contribution in [0.1, 0.15) is 17.2 Å². The SMILES string of the molecule is COc1ccc(/C=N/N2C(=O)[C@@H](OC)[C@H]2c2ccc(OC)cc2)cc1. The van der Waals surface area contributed by atoms with Gasteiger partial charge in [0.2, 0.25) is 0 Å². The summed E-state index contributed by atoms with van der Waals surface area (Å²) in [6.07, 6.45) is 1.13. The van der Waals surface area contributed by atoms with Crippen LogP contribution in [0, 0.1) is 0 Å². The van der Waals surface area contributed by atoms with Crippen LogP contribution < -0.4 is 9.47 Å². The number of hydrazone groups is 1. The molecule has 0 spiro atoms. The lowest BCUT2D eigenvalue weighted by atomic mass is 9.92. The first-order chi connectivity index (χ1) is 12.2. The quantitative estimate of drug-likeness (QED) is 0.599. The number of carbonyl (C=O) groups excluding carboxylic acids is 1. The number of ether oxygens (including phenoxy) is 3. The molecule has 0 unspecified atom stereocenters. The van der Waals surface area contributed by atoms with Crippen LogP contribution in [-0.2, 0) is 9.53 Å². The number of hydrogen-bond donors (Lipinski definition) is 0. The molecule has 2 aromatic carbocycles. The summed E-state index contributed by atoms with van der Waals surface area (Å²) < 4.78 is 15.6. The number of amides is 1. The highest BCUT2D eigenvalue weighted by Crippen LogP contribution is 2.37. The van der Waals surface area contributed by atoms with Crippen LogP contribution in [0.5, 0.6) is 11.5 Å². The van der Waals surface area contributed by atoms with Gasteiger partial charge in [-0.1, -0.05) is 12.1 Å². The maximum absolute atomic E-state index is 12.3. The molecular formula is C19H20N2O4. The highest BCUT2D eigenvalue weighted by Gasteiger charge is 2.49. The van der Waals surface area contributed by atoms with Gasteiger partial charge in [-0.25, -0.2) is 5.01 Å². The average Bonchev–Trinajstić information content (AvgIpc) is 2.67. The molecule has 0 radical (unpaired) electrons. The van der Waals surface area contributed by atoms with Gasteiger partial charge in [-0.05, 0) is 47.5 Å². The monoisotopic (exact) mass is 340 g/mol. The molecule has 25 heavy (non-hydrogen) atoms. The maximum Gasteiger partial charge on any atom is 0.275 e. The molecule has 0 N–H and O–H groups in total. The molecule has 6 heteroatoms. The van der Waals surface area contributed by atoms with Gasteiger partial charge in [-0.2, -0.15) is 5.10 Å². The van der Waals surface area contributed by atoms with Crippen molar-refractivity contribution >= 4 is 12.1 Å². The fourth-order valence-electron chi connectivity index (χ4n) is 2.74. The van der Waals surface area contributed by atoms with E-state index in [9.17, 15) is 4.79 Å². The Morgan fingerprint density at radius 2 is 1.48 bits per heavy atom. The van der Waals surface area contributed by atoms with E-state index in [1.807, 2.05) is 48.5 Å². The lowest BCUT2D eigenvalue weighted by molar-refractivity contribution is -0.171. The third kappa shape index (κ3) is 3.34. The first-order valence-corrected chi connectivity index (χ1v) is 7.85. The zero-order chi connectivity index (χ0) is 17.8. The Bertz CT molecular complexity index is 756. The molecule has 130 valence electrons. The molecule has 0 saturated carbocycles. The summed E-state index contributed by atoms with van der Waals surface area (Å²) in [5.74, 6) is 1.37. The standard InChI is InChI=1S/C19H20N2O4/c1-23-15-8-4-13(5-9-15)12-20-21-17(18(25-3)19(21)22)14-6-10-16(24-2)11-7-14/h4-12,17-18H,1-3H3/b20-12+/t17-,18+/m1/s1. The summed E-state index contributed by atoms with van der Waals surface area (Å²) in [5, 5.41) is 5.79. The van der Waals surface area contributed by atoms with Crippen LogP contribution in [0.3, 0.4) is 0 Å². The lowest BCUT2D eigenvalue weighted by Gasteiger charge is -2.42. The van der Waals surface area contributed by atoms with Crippen molar-refractivity contribution in [1.29, 1.82) is 0 Å². The number of benzene rings is 2. The second kappa shape index (κ2) is 7.36. The van der Waals surface area contributed by atoms with Crippen molar-refractivity contribution in [2.45, 2.75) is 12.1 Å². The smallest absolute Gasteiger partial charge is 0.275 e. The number of β-lactam (4-membered cyclic amide) rings is 1. The van der Waals surface area contributed by atoms with E-state index < -0.39 is 6.10 Å². The Morgan fingerprint density at radius 1 is 0.920 bits per heavy atom. The number of hydrogen-bond acceptors (Lipinski definition) is 5. The summed E-state index contributed by atoms with van der Waals surface area (Å²) in [6, 6.07) is 14.7. The van der Waals surface area contributed by atoms with Crippen molar-refractivity contribution in [3.63, 3.8) is 0 Å². The van der Waals surface area contributed by atoms with E-state index in [1.165, 1.54) is 12.1 Å². The largest absolute Gasteiger partial charge is 0.497 e. The summed E-state index contributed by atoms with van der Waals surface area (Å²) in [5.41, 5.74) is 1.82. The van der Waals surface area contributed by atoms with Crippen molar-refractivity contribution in [2.75, 3.05) is 21.3 Å². The molecule has 2 atom stereocenters. The minimum absolute atomic E-state index is 0.159. The zero-order valence-corrected chi connectivity index (χ0v) is 14.4. The molecule has 1 amide bonds. The fraction of sp³-hybridized carbons (Fsp3) is 0.263. The van der Waals surface area contributed by atoms with Crippen LogP contribution >= 0.6 is 0 Å². The van der Waals surface area contributed by atoms with Crippen LogP contribution in [0.15, 0.2) is 53.6 Å². The third-order valence-corrected chi connectivity index (χ3v) is 4.18. The van der Waals surface area contributed by atoms with Crippen LogP contribution in [0.4, 0.5) is 0 Å². The number of carbonyl (C=O) groups is 1. The summed E-state index contributed by atoms with van der Waals surface area (Å²) in [7, 11) is 4.76. The minimum atomic E-state index is -0.526. The first kappa shape index (κ1) is 17.0. The Hall–Kier alpha value is -2.86. The Kier molecular flexibility index (Phi) is 5.00. The normalized spacial score (nSPS) is 19.8. The van der Waals surface area contributed by atoms with Gasteiger partial charge in [0.25, 0.3) is 5.91 Å². The van der Waals surface area contributed by atoms with E-state index >= 15 is 0 Å². The summed E-state index contributed by atoms with van der Waals surface area (Å²) in [6.45, 7) is 0. The van der Waals surface area contributed by atoms with Crippen LogP contribution in [-0.4, -0.2) is 44.6 Å². The number of methoxy groups -OCH3 is 3. The van der Waals surface area contributed by atoms with E-state index in [1.54, 1.807) is 20.4 Å². The molecule has 0 bridgehead atoms. The molecule has 0 aromatic heterocycles. The first-order valence-electron chi connectivity index (χ1n) is 7.85. The van der Waals surface area contributed by atoms with Crippen molar-refractivity contribution < 1.29 is 19.0 Å². The lowest BCUT2D eigenvalue weighted by Crippen LogP contribution is -2.57. The molecule has 1 aliphatic heterocycles. The van der Waals surface area contributed by atoms with E-state index in [-0.39, 0.29) is 11.9 Å². The van der Waals surface area contributed by atoms with Gasteiger partial charge >= 0.3 is 0 Å². The van der Waals surface area contributed by atoms with E-state index in [0.29, 0.717) is 0 Å². The maximum atomic E-state index is 12.3. The highest BCUT2D eigenvalue weighted by atomic mass is 16.5. The van der Waals surface area contributed by atoms with Crippen molar-refractivity contribution in [3.8, 4) is 11.5 Å². The Balaban J connectivity index is 1.79. The average molecular weight is 340 g/mol. The Labute approximate surface area is 146 Å². The Morgan fingerprint density at radius 3 is 2.00 bits per heavy atom. The molecule has 3 rings (SSSR count). The van der Waals surface area contributed by atoms with Gasteiger partial charge in [-0.15, -0.1) is 0 Å². The van der Waals surface area contributed by atoms with Crippen LogP contribution in [0.2, 0.25) is 0 Å². The van der Waals surface area contributed by atoms with Gasteiger partial charge < -0.3 is 14.2 Å². The van der Waals surface area contributed by atoms with Gasteiger partial charge in [0.05, 0.1) is 20.4 Å². The molecular weight excluding hydrogens is 320 g/mol. The van der Waals surface area contributed by atoms with E-state index in [2.05, 4.69) is 5.10 Å². The molecule has 0 aliphatic carbocycles. The highest BCUT2D eigenvalue weighted by molar-refractivity contribution is 5.90. The summed E-state index contributed by atoms with van der Waals surface area (Å²) in [4.78, 5) is 12.3. The van der Waals surface area contributed by atoms with E-state index in [4.69, 9.17) is 14.2 Å². The van der Waals surface area contributed by atoms with Gasteiger partial charge in [0.15, 0.2) is 6.10 Å². The van der Waals surface area contributed by atoms with Gasteiger partial charge in [-0.3, -0.25) is 4.79 Å². The number of nitrogens with zero attached hydrogens (tertiary/aromatic N) is 2. The van der Waals surface area contributed by atoms with E-state index in [0.717, 1.165) is 22.6 Å². The second-order valence-electron chi connectivity index (χ2n) is 5.57. The molecule has 1 heterocycles. The number of rotatable bonds is 6. The van der Waals surface area contributed by atoms with Crippen LogP contribution in [0.25, 0.3) is 0 Å². The molecule has 2 aromatic rings. The van der Waals surface area contributed by atoms with Crippen molar-refractivity contribution in [1.82, 2.24) is 5.01 Å². The third-order valence-electron chi connectivity index (χ3n) is 4.18. The topological polar surface area (TPSA) is 60.4 Å².